The molecule has 0 aromatic rings. The molecule has 79 heavy (non-hydrogen) atoms. The maximum absolute atomic E-state index is 13.5. The van der Waals surface area contributed by atoms with Crippen molar-refractivity contribution in [2.75, 3.05) is 40.9 Å². The molecular formula is C69H121N2O7P. The molecule has 0 saturated carbocycles. The fraction of sp³-hybridized carbons (Fsp3) is 0.710. The smallest absolute Gasteiger partial charge is 0.306 e. The lowest BCUT2D eigenvalue weighted by molar-refractivity contribution is -0.870. The molecule has 0 saturated heterocycles. The topological polar surface area (TPSA) is 114 Å². The molecule has 0 radical (unpaired) electrons. The van der Waals surface area contributed by atoms with Crippen molar-refractivity contribution < 1.29 is 37.3 Å². The summed E-state index contributed by atoms with van der Waals surface area (Å²) in [5.74, 6) is -0.616. The summed E-state index contributed by atoms with van der Waals surface area (Å²) in [6, 6.07) is -0.927. The molecule has 0 aliphatic rings. The molecule has 9 nitrogen and oxygen atoms in total. The van der Waals surface area contributed by atoms with Crippen LogP contribution in [-0.2, 0) is 27.9 Å². The number of allylic oxidation sites excluding steroid dienone is 17. The summed E-state index contributed by atoms with van der Waals surface area (Å²) in [4.78, 5) is 40.0. The van der Waals surface area contributed by atoms with Crippen LogP contribution in [0.2, 0.25) is 0 Å². The van der Waals surface area contributed by atoms with Crippen LogP contribution in [0.15, 0.2) is 109 Å². The average molecular weight is 1120 g/mol. The van der Waals surface area contributed by atoms with Gasteiger partial charge in [0.2, 0.25) is 5.91 Å². The molecule has 0 aromatic carbocycles. The molecule has 0 heterocycles. The maximum atomic E-state index is 13.5. The third kappa shape index (κ3) is 59.1. The average Bonchev–Trinajstić information content (AvgIpc) is 3.41. The summed E-state index contributed by atoms with van der Waals surface area (Å²) in [6.07, 6.45) is 79.2. The first-order chi connectivity index (χ1) is 38.4. The fourth-order valence-corrected chi connectivity index (χ4v) is 9.46. The molecule has 0 bridgehead atoms. The highest BCUT2D eigenvalue weighted by molar-refractivity contribution is 7.45. The van der Waals surface area contributed by atoms with E-state index in [2.05, 4.69) is 123 Å². The summed E-state index contributed by atoms with van der Waals surface area (Å²) >= 11 is 0. The predicted molar refractivity (Wildman–Crippen MR) is 339 cm³/mol. The van der Waals surface area contributed by atoms with Crippen LogP contribution in [0.4, 0.5) is 0 Å². The van der Waals surface area contributed by atoms with Crippen LogP contribution in [0.25, 0.3) is 0 Å². The minimum absolute atomic E-state index is 0.0385. The first-order valence-electron chi connectivity index (χ1n) is 32.2. The zero-order valence-corrected chi connectivity index (χ0v) is 52.7. The maximum Gasteiger partial charge on any atom is 0.306 e. The number of rotatable bonds is 57. The van der Waals surface area contributed by atoms with E-state index in [1.165, 1.54) is 122 Å². The molecule has 0 fully saturated rings. The summed E-state index contributed by atoms with van der Waals surface area (Å²) in [5, 5.41) is 2.99. The van der Waals surface area contributed by atoms with E-state index in [0.717, 1.165) is 96.3 Å². The Hall–Kier alpha value is -3.33. The number of carbonyl (C=O) groups excluding carboxylic acids is 2. The highest BCUT2D eigenvalue weighted by Crippen LogP contribution is 2.38. The molecule has 10 heteroatoms. The zero-order valence-electron chi connectivity index (χ0n) is 51.8. The molecule has 1 amide bonds. The second kappa shape index (κ2) is 57.9. The molecule has 0 rings (SSSR count). The second-order valence-electron chi connectivity index (χ2n) is 22.5. The van der Waals surface area contributed by atoms with E-state index in [-0.39, 0.29) is 31.3 Å². The standard InChI is InChI=1S/C69H121N2O7P/c1-7-10-13-16-19-22-25-28-30-32-33-34-35-36-37-39-41-44-47-50-53-56-59-62-69(73)78-67(60-57-54-51-48-45-42-27-24-21-18-15-12-9-3)66(65-77-79(74,75)76-64-63-71(4,5)6)70-68(72)61-58-55-52-49-46-43-40-38-31-29-26-23-20-17-14-11-8-2/h11,14,19-20,22-23,28-31,33-34,40,43,49,52,57,60,66-67H,7-10,12-13,15-18,21,24-27,32,35-39,41-42,44-48,50-51,53-56,58-59,61-65H2,1-6H3,(H-,70,72,74,75)/b14-11-,22-19-,23-20-,30-28-,31-29-,34-33-,43-40-,52-49-,60-57-. The number of nitrogens with zero attached hydrogens (tertiary/aromatic N) is 1. The van der Waals surface area contributed by atoms with Crippen molar-refractivity contribution in [1.29, 1.82) is 0 Å². The van der Waals surface area contributed by atoms with Gasteiger partial charge in [-0.2, -0.15) is 0 Å². The van der Waals surface area contributed by atoms with Gasteiger partial charge >= 0.3 is 5.97 Å². The third-order valence-corrected chi connectivity index (χ3v) is 14.7. The van der Waals surface area contributed by atoms with Crippen molar-refractivity contribution in [3.63, 3.8) is 0 Å². The Morgan fingerprint density at radius 1 is 0.456 bits per heavy atom. The van der Waals surface area contributed by atoms with Gasteiger partial charge in [0, 0.05) is 12.8 Å². The van der Waals surface area contributed by atoms with Crippen molar-refractivity contribution in [2.24, 2.45) is 0 Å². The molecular weight excluding hydrogens is 1000 g/mol. The van der Waals surface area contributed by atoms with Gasteiger partial charge in [0.25, 0.3) is 7.82 Å². The number of carbonyl (C=O) groups is 2. The van der Waals surface area contributed by atoms with Gasteiger partial charge in [-0.15, -0.1) is 0 Å². The van der Waals surface area contributed by atoms with Crippen LogP contribution >= 0.6 is 7.82 Å². The van der Waals surface area contributed by atoms with E-state index >= 15 is 0 Å². The first-order valence-corrected chi connectivity index (χ1v) is 33.7. The Morgan fingerprint density at radius 2 is 0.823 bits per heavy atom. The number of esters is 1. The van der Waals surface area contributed by atoms with Gasteiger partial charge in [-0.3, -0.25) is 14.2 Å². The normalized spacial score (nSPS) is 14.4. The van der Waals surface area contributed by atoms with E-state index in [0.29, 0.717) is 23.9 Å². The Balaban J connectivity index is 5.30. The number of phosphoric acid groups is 1. The number of likely N-dealkylation sites (N-methyl/N-ethyl adjacent to an activating group) is 1. The fourth-order valence-electron chi connectivity index (χ4n) is 8.74. The number of hydrogen-bond donors (Lipinski definition) is 1. The highest BCUT2D eigenvalue weighted by atomic mass is 31.2. The lowest BCUT2D eigenvalue weighted by Crippen LogP contribution is -2.47. The lowest BCUT2D eigenvalue weighted by Gasteiger charge is -2.30. The van der Waals surface area contributed by atoms with Gasteiger partial charge in [-0.25, -0.2) is 0 Å². The Kier molecular flexibility index (Phi) is 55.4. The van der Waals surface area contributed by atoms with Crippen LogP contribution in [0.3, 0.4) is 0 Å². The quantitative estimate of drug-likeness (QED) is 0.0212. The molecule has 0 aliphatic carbocycles. The molecule has 3 atom stereocenters. The van der Waals surface area contributed by atoms with Gasteiger partial charge in [0.15, 0.2) is 0 Å². The summed E-state index contributed by atoms with van der Waals surface area (Å²) in [7, 11) is 1.13. The van der Waals surface area contributed by atoms with Gasteiger partial charge < -0.3 is 28.5 Å². The summed E-state index contributed by atoms with van der Waals surface area (Å²) in [6.45, 7) is 6.65. The van der Waals surface area contributed by atoms with Gasteiger partial charge in [-0.1, -0.05) is 252 Å². The highest BCUT2D eigenvalue weighted by Gasteiger charge is 2.27. The van der Waals surface area contributed by atoms with Crippen LogP contribution < -0.4 is 10.2 Å². The van der Waals surface area contributed by atoms with Crippen molar-refractivity contribution in [2.45, 2.75) is 277 Å². The number of nitrogens with one attached hydrogen (secondary N) is 1. The van der Waals surface area contributed by atoms with Crippen LogP contribution in [0, 0.1) is 0 Å². The molecule has 1 N–H and O–H groups in total. The minimum atomic E-state index is -4.72. The van der Waals surface area contributed by atoms with Gasteiger partial charge in [0.05, 0.1) is 33.8 Å². The van der Waals surface area contributed by atoms with E-state index in [1.807, 2.05) is 33.3 Å². The minimum Gasteiger partial charge on any atom is -0.756 e. The van der Waals surface area contributed by atoms with Crippen molar-refractivity contribution in [3.8, 4) is 0 Å². The SMILES string of the molecule is CC/C=C\C/C=C\C/C=C\C/C=C\C/C=C\CCCC(=O)NC(COP(=O)([O-])OCC[N+](C)(C)C)C(/C=C\CCCCCCCCCCCCC)OC(=O)CCCCCCCCCCCC/C=C\C/C=C\C/C=C\CCCCC. The monoisotopic (exact) mass is 1120 g/mol. The summed E-state index contributed by atoms with van der Waals surface area (Å²) in [5.41, 5.74) is 0. The molecule has 3 unspecified atom stereocenters. The second-order valence-corrected chi connectivity index (χ2v) is 23.9. The molecule has 0 aromatic heterocycles. The summed E-state index contributed by atoms with van der Waals surface area (Å²) < 4.78 is 30.3. The van der Waals surface area contributed by atoms with Gasteiger partial charge in [-0.05, 0) is 109 Å². The number of unbranched alkanes of at least 4 members (excludes halogenated alkanes) is 25. The van der Waals surface area contributed by atoms with Crippen molar-refractivity contribution in [1.82, 2.24) is 5.32 Å². The Morgan fingerprint density at radius 3 is 1.27 bits per heavy atom. The van der Waals surface area contributed by atoms with E-state index in [4.69, 9.17) is 13.8 Å². The van der Waals surface area contributed by atoms with E-state index in [9.17, 15) is 19.0 Å². The molecule has 454 valence electrons. The van der Waals surface area contributed by atoms with E-state index < -0.39 is 26.6 Å². The largest absolute Gasteiger partial charge is 0.756 e. The predicted octanol–water partition coefficient (Wildman–Crippen LogP) is 19.5. The molecule has 0 aliphatic heterocycles. The van der Waals surface area contributed by atoms with Crippen LogP contribution in [0.1, 0.15) is 265 Å². The third-order valence-electron chi connectivity index (χ3n) is 13.7. The van der Waals surface area contributed by atoms with Crippen molar-refractivity contribution >= 4 is 19.7 Å². The van der Waals surface area contributed by atoms with Crippen LogP contribution in [-0.4, -0.2) is 69.4 Å². The number of quaternary nitrogens is 1. The lowest BCUT2D eigenvalue weighted by atomic mass is 10.0. The number of ether oxygens (including phenoxy) is 1. The molecule has 0 spiro atoms. The Labute approximate surface area is 487 Å². The van der Waals surface area contributed by atoms with Crippen LogP contribution in [0.5, 0.6) is 0 Å². The van der Waals surface area contributed by atoms with E-state index in [1.54, 1.807) is 0 Å². The number of amides is 1. The van der Waals surface area contributed by atoms with Crippen molar-refractivity contribution in [3.05, 3.63) is 109 Å². The number of hydrogen-bond acceptors (Lipinski definition) is 7. The number of phosphoric ester groups is 1. The Bertz CT molecular complexity index is 1720. The zero-order chi connectivity index (χ0) is 57.9. The first kappa shape index (κ1) is 75.7. The van der Waals surface area contributed by atoms with Gasteiger partial charge in [0.1, 0.15) is 19.3 Å².